The highest BCUT2D eigenvalue weighted by molar-refractivity contribution is 6.31. The van der Waals surface area contributed by atoms with Crippen molar-refractivity contribution < 1.29 is 9.53 Å². The molecule has 2 heterocycles. The van der Waals surface area contributed by atoms with Crippen LogP contribution in [0, 0.1) is 0 Å². The van der Waals surface area contributed by atoms with Crippen molar-refractivity contribution in [3.63, 3.8) is 0 Å². The molecule has 1 fully saturated rings. The molecule has 0 saturated carbocycles. The SMILES string of the molecule is O=C(NCC1CCCO1)c1ccc(NCc2ccccc2Cl)nn1. The van der Waals surface area contributed by atoms with Crippen molar-refractivity contribution in [3.8, 4) is 0 Å². The summed E-state index contributed by atoms with van der Waals surface area (Å²) in [6, 6.07) is 11.0. The maximum absolute atomic E-state index is 12.0. The van der Waals surface area contributed by atoms with E-state index in [9.17, 15) is 4.79 Å². The van der Waals surface area contributed by atoms with E-state index < -0.39 is 0 Å². The normalized spacial score (nSPS) is 16.8. The fourth-order valence-electron chi connectivity index (χ4n) is 2.48. The van der Waals surface area contributed by atoms with E-state index in [1.807, 2.05) is 24.3 Å². The second-order valence-corrected chi connectivity index (χ2v) is 6.00. The Balaban J connectivity index is 1.51. The number of hydrogen-bond acceptors (Lipinski definition) is 5. The van der Waals surface area contributed by atoms with Gasteiger partial charge in [0, 0.05) is 24.7 Å². The van der Waals surface area contributed by atoms with Gasteiger partial charge >= 0.3 is 0 Å². The van der Waals surface area contributed by atoms with Crippen LogP contribution in [0.1, 0.15) is 28.9 Å². The third-order valence-corrected chi connectivity index (χ3v) is 4.20. The van der Waals surface area contributed by atoms with Crippen LogP contribution in [0.5, 0.6) is 0 Å². The van der Waals surface area contributed by atoms with Gasteiger partial charge in [-0.05, 0) is 36.6 Å². The Morgan fingerprint density at radius 2 is 2.12 bits per heavy atom. The van der Waals surface area contributed by atoms with Gasteiger partial charge in [0.1, 0.15) is 5.82 Å². The number of ether oxygens (including phenoxy) is 1. The lowest BCUT2D eigenvalue weighted by molar-refractivity contribution is 0.0853. The number of benzene rings is 1. The number of carbonyl (C=O) groups excluding carboxylic acids is 1. The van der Waals surface area contributed by atoms with Crippen LogP contribution < -0.4 is 10.6 Å². The largest absolute Gasteiger partial charge is 0.376 e. The number of halogens is 1. The van der Waals surface area contributed by atoms with Crippen LogP contribution >= 0.6 is 11.6 Å². The highest BCUT2D eigenvalue weighted by Crippen LogP contribution is 2.16. The average Bonchev–Trinajstić information content (AvgIpc) is 3.13. The minimum atomic E-state index is -0.240. The lowest BCUT2D eigenvalue weighted by Gasteiger charge is -2.10. The van der Waals surface area contributed by atoms with Crippen molar-refractivity contribution in [1.29, 1.82) is 0 Å². The molecule has 1 saturated heterocycles. The second kappa shape index (κ2) is 8.08. The van der Waals surface area contributed by atoms with Crippen molar-refractivity contribution in [3.05, 3.63) is 52.7 Å². The smallest absolute Gasteiger partial charge is 0.271 e. The van der Waals surface area contributed by atoms with Crippen LogP contribution in [0.2, 0.25) is 5.02 Å². The number of nitrogens with one attached hydrogen (secondary N) is 2. The van der Waals surface area contributed by atoms with Crippen molar-refractivity contribution in [2.24, 2.45) is 0 Å². The van der Waals surface area contributed by atoms with Crippen LogP contribution in [-0.2, 0) is 11.3 Å². The Morgan fingerprint density at radius 1 is 1.25 bits per heavy atom. The van der Waals surface area contributed by atoms with E-state index in [1.165, 1.54) is 0 Å². The van der Waals surface area contributed by atoms with Gasteiger partial charge < -0.3 is 15.4 Å². The summed E-state index contributed by atoms with van der Waals surface area (Å²) < 4.78 is 5.47. The van der Waals surface area contributed by atoms with Gasteiger partial charge in [0.25, 0.3) is 5.91 Å². The fraction of sp³-hybridized carbons (Fsp3) is 0.353. The van der Waals surface area contributed by atoms with Crippen LogP contribution in [0.25, 0.3) is 0 Å². The minimum absolute atomic E-state index is 0.110. The molecule has 126 valence electrons. The first-order chi connectivity index (χ1) is 11.7. The molecular weight excluding hydrogens is 328 g/mol. The molecule has 3 rings (SSSR count). The summed E-state index contributed by atoms with van der Waals surface area (Å²) in [5.74, 6) is 0.348. The maximum Gasteiger partial charge on any atom is 0.271 e. The Bertz CT molecular complexity index is 687. The molecule has 2 aromatic rings. The predicted octanol–water partition coefficient (Wildman–Crippen LogP) is 2.65. The zero-order valence-electron chi connectivity index (χ0n) is 13.2. The van der Waals surface area contributed by atoms with E-state index in [0.29, 0.717) is 23.9 Å². The van der Waals surface area contributed by atoms with E-state index in [-0.39, 0.29) is 17.7 Å². The highest BCUT2D eigenvalue weighted by atomic mass is 35.5. The van der Waals surface area contributed by atoms with E-state index in [4.69, 9.17) is 16.3 Å². The van der Waals surface area contributed by atoms with Crippen LogP contribution in [0.3, 0.4) is 0 Å². The molecule has 0 spiro atoms. The Labute approximate surface area is 145 Å². The molecule has 1 aromatic heterocycles. The van der Waals surface area contributed by atoms with Crippen molar-refractivity contribution in [1.82, 2.24) is 15.5 Å². The Hall–Kier alpha value is -2.18. The average molecular weight is 347 g/mol. The minimum Gasteiger partial charge on any atom is -0.376 e. The lowest BCUT2D eigenvalue weighted by Crippen LogP contribution is -2.32. The number of hydrogen-bond donors (Lipinski definition) is 2. The molecule has 2 N–H and O–H groups in total. The molecule has 1 unspecified atom stereocenters. The summed E-state index contributed by atoms with van der Waals surface area (Å²) >= 11 is 6.11. The predicted molar refractivity (Wildman–Crippen MR) is 92.1 cm³/mol. The third kappa shape index (κ3) is 4.43. The van der Waals surface area contributed by atoms with Gasteiger partial charge in [0.15, 0.2) is 5.69 Å². The van der Waals surface area contributed by atoms with E-state index >= 15 is 0 Å². The number of rotatable bonds is 6. The molecule has 1 aliphatic rings. The molecule has 24 heavy (non-hydrogen) atoms. The molecule has 7 heteroatoms. The monoisotopic (exact) mass is 346 g/mol. The Kier molecular flexibility index (Phi) is 5.61. The number of aromatic nitrogens is 2. The summed E-state index contributed by atoms with van der Waals surface area (Å²) in [6.07, 6.45) is 2.14. The lowest BCUT2D eigenvalue weighted by atomic mass is 10.2. The van der Waals surface area contributed by atoms with Crippen molar-refractivity contribution in [2.75, 3.05) is 18.5 Å². The van der Waals surface area contributed by atoms with Gasteiger partial charge in [-0.1, -0.05) is 29.8 Å². The van der Waals surface area contributed by atoms with E-state index in [2.05, 4.69) is 20.8 Å². The summed E-state index contributed by atoms with van der Waals surface area (Å²) in [5.41, 5.74) is 1.26. The van der Waals surface area contributed by atoms with Gasteiger partial charge in [-0.15, -0.1) is 10.2 Å². The molecule has 0 radical (unpaired) electrons. The molecular formula is C17H19ClN4O2. The number of anilines is 1. The zero-order chi connectivity index (χ0) is 16.8. The summed E-state index contributed by atoms with van der Waals surface area (Å²) in [6.45, 7) is 1.82. The van der Waals surface area contributed by atoms with Crippen LogP contribution in [0.15, 0.2) is 36.4 Å². The summed E-state index contributed by atoms with van der Waals surface area (Å²) in [4.78, 5) is 12.0. The van der Waals surface area contributed by atoms with E-state index in [0.717, 1.165) is 25.0 Å². The van der Waals surface area contributed by atoms with E-state index in [1.54, 1.807) is 12.1 Å². The third-order valence-electron chi connectivity index (χ3n) is 3.83. The molecule has 0 bridgehead atoms. The second-order valence-electron chi connectivity index (χ2n) is 5.59. The van der Waals surface area contributed by atoms with Crippen LogP contribution in [0.4, 0.5) is 5.82 Å². The van der Waals surface area contributed by atoms with Gasteiger partial charge in [-0.25, -0.2) is 0 Å². The molecule has 1 atom stereocenters. The number of nitrogens with zero attached hydrogens (tertiary/aromatic N) is 2. The molecule has 1 aliphatic heterocycles. The van der Waals surface area contributed by atoms with Crippen molar-refractivity contribution >= 4 is 23.3 Å². The standard InChI is InChI=1S/C17H19ClN4O2/c18-14-6-2-1-4-12(14)10-19-16-8-7-15(21-22-16)17(23)20-11-13-5-3-9-24-13/h1-2,4,6-8,13H,3,5,9-11H2,(H,19,22)(H,20,23). The highest BCUT2D eigenvalue weighted by Gasteiger charge is 2.17. The van der Waals surface area contributed by atoms with Gasteiger partial charge in [-0.2, -0.15) is 0 Å². The van der Waals surface area contributed by atoms with Crippen LogP contribution in [-0.4, -0.2) is 35.4 Å². The molecule has 6 nitrogen and oxygen atoms in total. The van der Waals surface area contributed by atoms with Gasteiger partial charge in [0.05, 0.1) is 6.10 Å². The quantitative estimate of drug-likeness (QED) is 0.841. The van der Waals surface area contributed by atoms with Crippen molar-refractivity contribution in [2.45, 2.75) is 25.5 Å². The molecule has 1 amide bonds. The zero-order valence-corrected chi connectivity index (χ0v) is 13.9. The molecule has 0 aliphatic carbocycles. The first kappa shape index (κ1) is 16.7. The number of amides is 1. The topological polar surface area (TPSA) is 76.1 Å². The maximum atomic E-state index is 12.0. The Morgan fingerprint density at radius 3 is 2.83 bits per heavy atom. The van der Waals surface area contributed by atoms with Gasteiger partial charge in [0.2, 0.25) is 0 Å². The molecule has 1 aromatic carbocycles. The number of carbonyl (C=O) groups is 1. The fourth-order valence-corrected chi connectivity index (χ4v) is 2.68. The summed E-state index contributed by atoms with van der Waals surface area (Å²) in [5, 5.41) is 14.6. The first-order valence-electron chi connectivity index (χ1n) is 7.93. The van der Waals surface area contributed by atoms with Gasteiger partial charge in [-0.3, -0.25) is 4.79 Å². The first-order valence-corrected chi connectivity index (χ1v) is 8.31. The summed E-state index contributed by atoms with van der Waals surface area (Å²) in [7, 11) is 0.